The third-order valence-electron chi connectivity index (χ3n) is 5.69. The molecule has 1 aliphatic rings. The molecule has 0 amide bonds. The summed E-state index contributed by atoms with van der Waals surface area (Å²) >= 11 is 0. The van der Waals surface area contributed by atoms with Crippen molar-refractivity contribution in [1.82, 2.24) is 29.7 Å². The van der Waals surface area contributed by atoms with Crippen molar-refractivity contribution in [3.8, 4) is 17.3 Å². The smallest absolute Gasteiger partial charge is 0.333 e. The molecular weight excluding hydrogens is 462 g/mol. The van der Waals surface area contributed by atoms with Gasteiger partial charge in [-0.3, -0.25) is 8.86 Å². The number of H-pyrrole nitrogens is 1. The summed E-state index contributed by atoms with van der Waals surface area (Å²) in [4.78, 5) is 16.2. The molecule has 1 aliphatic carbocycles. The van der Waals surface area contributed by atoms with Crippen molar-refractivity contribution in [2.24, 2.45) is 11.1 Å². The van der Waals surface area contributed by atoms with Crippen LogP contribution in [0.25, 0.3) is 22.6 Å². The zero-order valence-corrected chi connectivity index (χ0v) is 18.8. The normalized spacial score (nSPS) is 20.7. The van der Waals surface area contributed by atoms with Gasteiger partial charge in [-0.15, -0.1) is 0 Å². The van der Waals surface area contributed by atoms with E-state index in [-0.39, 0.29) is 12.7 Å². The van der Waals surface area contributed by atoms with Crippen molar-refractivity contribution in [3.05, 3.63) is 54.6 Å². The number of imidazole rings is 1. The Hall–Kier alpha value is -3.39. The van der Waals surface area contributed by atoms with Crippen LogP contribution in [0.3, 0.4) is 0 Å². The highest BCUT2D eigenvalue weighted by Crippen LogP contribution is 2.32. The number of aliphatic hydroxyl groups excluding tert-OH is 1. The lowest BCUT2D eigenvalue weighted by Gasteiger charge is -2.13. The third-order valence-corrected chi connectivity index (χ3v) is 6.15. The van der Waals surface area contributed by atoms with E-state index >= 15 is 0 Å². The van der Waals surface area contributed by atoms with E-state index in [0.29, 0.717) is 42.3 Å². The number of nitrogens with one attached hydrogen (secondary N) is 1. The highest BCUT2D eigenvalue weighted by atomic mass is 32.2. The van der Waals surface area contributed by atoms with Gasteiger partial charge in [0.05, 0.1) is 31.0 Å². The molecule has 1 aromatic carbocycles. The number of aromatic amines is 1. The van der Waals surface area contributed by atoms with E-state index in [0.717, 1.165) is 11.1 Å². The summed E-state index contributed by atoms with van der Waals surface area (Å²) in [5, 5.41) is 19.5. The number of benzene rings is 1. The maximum atomic E-state index is 11.0. The maximum Gasteiger partial charge on any atom is 0.333 e. The molecule has 0 unspecified atom stereocenters. The summed E-state index contributed by atoms with van der Waals surface area (Å²) in [6.07, 6.45) is 4.49. The zero-order valence-electron chi connectivity index (χ0n) is 18.0. The predicted molar refractivity (Wildman–Crippen MR) is 121 cm³/mol. The molecule has 0 aliphatic heterocycles. The number of hydrogen-bond acceptors (Lipinski definition) is 9. The molecule has 0 saturated heterocycles. The molecular formula is C21H23N7O5S. The summed E-state index contributed by atoms with van der Waals surface area (Å²) in [5.74, 6) is 0.449. The largest absolute Gasteiger partial charge is 0.473 e. The summed E-state index contributed by atoms with van der Waals surface area (Å²) < 4.78 is 34.5. The van der Waals surface area contributed by atoms with Crippen LogP contribution < -0.4 is 9.88 Å². The molecule has 4 N–H and O–H groups in total. The molecule has 34 heavy (non-hydrogen) atoms. The quantitative estimate of drug-likeness (QED) is 0.329. The maximum absolute atomic E-state index is 11.0. The summed E-state index contributed by atoms with van der Waals surface area (Å²) in [6.45, 7) is 0.426. The van der Waals surface area contributed by atoms with Gasteiger partial charge in [0.1, 0.15) is 23.8 Å². The fraction of sp³-hybridized carbons (Fsp3) is 0.333. The fourth-order valence-corrected chi connectivity index (χ4v) is 4.41. The molecule has 178 valence electrons. The molecule has 3 atom stereocenters. The minimum Gasteiger partial charge on any atom is -0.473 e. The van der Waals surface area contributed by atoms with Crippen LogP contribution >= 0.6 is 0 Å². The second kappa shape index (κ2) is 9.10. The molecule has 1 saturated carbocycles. The minimum absolute atomic E-state index is 0.208. The van der Waals surface area contributed by atoms with Crippen molar-refractivity contribution in [2.75, 3.05) is 6.61 Å². The topological polar surface area (TPSA) is 171 Å². The highest BCUT2D eigenvalue weighted by Gasteiger charge is 2.36. The van der Waals surface area contributed by atoms with Crippen LogP contribution in [-0.2, 0) is 21.0 Å². The number of ether oxygens (including phenoxy) is 1. The first-order chi connectivity index (χ1) is 16.3. The second-order valence-corrected chi connectivity index (χ2v) is 9.41. The van der Waals surface area contributed by atoms with Crippen molar-refractivity contribution >= 4 is 21.5 Å². The van der Waals surface area contributed by atoms with Crippen molar-refractivity contribution in [3.63, 3.8) is 0 Å². The van der Waals surface area contributed by atoms with Crippen molar-refractivity contribution < 1.29 is 22.4 Å². The van der Waals surface area contributed by atoms with Crippen molar-refractivity contribution in [1.29, 1.82) is 0 Å². The number of rotatable bonds is 8. The van der Waals surface area contributed by atoms with Gasteiger partial charge in [-0.2, -0.15) is 18.5 Å². The predicted octanol–water partition coefficient (Wildman–Crippen LogP) is 1.00. The SMILES string of the molecule is NS(=O)(=O)OC[C@@H]1C[C@@H](Oc2ncnc3nc(-c4cnn(Cc5ccccc5)c4)[nH]c23)C[C@@H]1O. The van der Waals surface area contributed by atoms with E-state index in [1.807, 2.05) is 41.2 Å². The number of fused-ring (bicyclic) bond motifs is 1. The summed E-state index contributed by atoms with van der Waals surface area (Å²) in [7, 11) is -4.07. The van der Waals surface area contributed by atoms with Crippen LogP contribution in [0, 0.1) is 5.92 Å². The van der Waals surface area contributed by atoms with Crippen LogP contribution in [0.2, 0.25) is 0 Å². The fourth-order valence-electron chi connectivity index (χ4n) is 4.04. The van der Waals surface area contributed by atoms with Gasteiger partial charge in [-0.1, -0.05) is 30.3 Å². The monoisotopic (exact) mass is 485 g/mol. The lowest BCUT2D eigenvalue weighted by Crippen LogP contribution is -2.24. The summed E-state index contributed by atoms with van der Waals surface area (Å²) in [6, 6.07) is 10.0. The molecule has 5 rings (SSSR count). The molecule has 3 aromatic heterocycles. The van der Waals surface area contributed by atoms with Gasteiger partial charge in [0.25, 0.3) is 0 Å². The Labute approximate surface area is 195 Å². The number of nitrogens with two attached hydrogens (primary N) is 1. The van der Waals surface area contributed by atoms with Gasteiger partial charge in [0.2, 0.25) is 5.88 Å². The first-order valence-corrected chi connectivity index (χ1v) is 12.1. The van der Waals surface area contributed by atoms with Crippen LogP contribution in [0.1, 0.15) is 18.4 Å². The Morgan fingerprint density at radius 2 is 2.03 bits per heavy atom. The molecule has 0 radical (unpaired) electrons. The van der Waals surface area contributed by atoms with Crippen LogP contribution in [0.5, 0.6) is 5.88 Å². The van der Waals surface area contributed by atoms with E-state index < -0.39 is 22.3 Å². The number of aliphatic hydroxyl groups is 1. The van der Waals surface area contributed by atoms with Crippen LogP contribution in [0.4, 0.5) is 0 Å². The second-order valence-electron chi connectivity index (χ2n) is 8.19. The van der Waals surface area contributed by atoms with Gasteiger partial charge in [0, 0.05) is 18.5 Å². The van der Waals surface area contributed by atoms with E-state index in [1.165, 1.54) is 6.33 Å². The Bertz CT molecular complexity index is 1390. The molecule has 1 fully saturated rings. The Kier molecular flexibility index (Phi) is 6.00. The average molecular weight is 486 g/mol. The summed E-state index contributed by atoms with van der Waals surface area (Å²) in [5.41, 5.74) is 2.88. The standard InChI is InChI=1S/C21H23N7O5S/c22-34(30,31)32-11-14-6-16(7-17(14)29)33-21-18-20(23-12-24-21)27-19(26-18)15-8-25-28(10-15)9-13-4-2-1-3-5-13/h1-5,8,10,12,14,16-17,29H,6-7,9,11H2,(H2,22,30,31)(H,23,24,26,27)/t14-,16+,17-/m0/s1. The van der Waals surface area contributed by atoms with Crippen LogP contribution in [0.15, 0.2) is 49.1 Å². The molecule has 3 heterocycles. The molecule has 12 nitrogen and oxygen atoms in total. The van der Waals surface area contributed by atoms with Gasteiger partial charge in [0.15, 0.2) is 5.65 Å². The molecule has 4 aromatic rings. The number of hydrogen-bond donors (Lipinski definition) is 3. The van der Waals surface area contributed by atoms with Crippen molar-refractivity contribution in [2.45, 2.75) is 31.6 Å². The first-order valence-electron chi connectivity index (χ1n) is 10.6. The first kappa shape index (κ1) is 22.4. The van der Waals surface area contributed by atoms with Gasteiger partial charge in [-0.25, -0.2) is 15.1 Å². The Balaban J connectivity index is 1.31. The molecule has 13 heteroatoms. The van der Waals surface area contributed by atoms with Crippen LogP contribution in [-0.4, -0.2) is 62.1 Å². The molecule has 0 spiro atoms. The minimum atomic E-state index is -4.07. The zero-order chi connectivity index (χ0) is 23.7. The van der Waals surface area contributed by atoms with E-state index in [4.69, 9.17) is 9.88 Å². The molecule has 0 bridgehead atoms. The van der Waals surface area contributed by atoms with E-state index in [1.54, 1.807) is 6.20 Å². The third kappa shape index (κ3) is 5.07. The van der Waals surface area contributed by atoms with Gasteiger partial charge < -0.3 is 14.8 Å². The van der Waals surface area contributed by atoms with Gasteiger partial charge in [-0.05, 0) is 12.0 Å². The van der Waals surface area contributed by atoms with Gasteiger partial charge >= 0.3 is 10.3 Å². The number of aromatic nitrogens is 6. The van der Waals surface area contributed by atoms with E-state index in [9.17, 15) is 13.5 Å². The number of nitrogens with zero attached hydrogens (tertiary/aromatic N) is 5. The lowest BCUT2D eigenvalue weighted by atomic mass is 10.1. The highest BCUT2D eigenvalue weighted by molar-refractivity contribution is 7.84. The average Bonchev–Trinajstić information content (AvgIpc) is 3.51. The lowest BCUT2D eigenvalue weighted by molar-refractivity contribution is 0.0986. The van der Waals surface area contributed by atoms with E-state index in [2.05, 4.69) is 29.2 Å². The Morgan fingerprint density at radius 3 is 2.82 bits per heavy atom. The Morgan fingerprint density at radius 1 is 1.21 bits per heavy atom.